The Balaban J connectivity index is 1.60. The topological polar surface area (TPSA) is 46.5 Å². The maximum atomic E-state index is 10.6. The van der Waals surface area contributed by atoms with Crippen molar-refractivity contribution in [1.82, 2.24) is 0 Å². The van der Waals surface area contributed by atoms with E-state index in [2.05, 4.69) is 12.1 Å². The van der Waals surface area contributed by atoms with Crippen LogP contribution in [0.3, 0.4) is 0 Å². The number of benzene rings is 2. The highest BCUT2D eigenvalue weighted by molar-refractivity contribution is 5.67. The van der Waals surface area contributed by atoms with E-state index in [0.717, 1.165) is 29.7 Å². The van der Waals surface area contributed by atoms with Crippen LogP contribution in [-0.4, -0.2) is 11.1 Å². The lowest BCUT2D eigenvalue weighted by Gasteiger charge is -2.11. The van der Waals surface area contributed by atoms with Crippen molar-refractivity contribution in [1.29, 1.82) is 0 Å². The molecule has 0 saturated heterocycles. The Morgan fingerprint density at radius 3 is 2.59 bits per heavy atom. The van der Waals surface area contributed by atoms with Crippen molar-refractivity contribution in [3.8, 4) is 5.75 Å². The lowest BCUT2D eigenvalue weighted by atomic mass is 10.1. The molecule has 3 nitrogen and oxygen atoms in total. The van der Waals surface area contributed by atoms with Gasteiger partial charge < -0.3 is 9.84 Å². The second kappa shape index (κ2) is 6.65. The largest absolute Gasteiger partial charge is 0.489 e. The second-order valence-corrected chi connectivity index (χ2v) is 5.75. The lowest BCUT2D eigenvalue weighted by molar-refractivity contribution is -0.136. The first-order valence-corrected chi connectivity index (χ1v) is 7.75. The van der Waals surface area contributed by atoms with Gasteiger partial charge >= 0.3 is 5.97 Å². The van der Waals surface area contributed by atoms with Gasteiger partial charge in [-0.3, -0.25) is 4.79 Å². The Labute approximate surface area is 130 Å². The predicted octanol–water partition coefficient (Wildman–Crippen LogP) is 3.77. The molecule has 1 N–H and O–H groups in total. The van der Waals surface area contributed by atoms with Gasteiger partial charge in [0, 0.05) is 6.42 Å². The Hall–Kier alpha value is -2.29. The molecule has 1 aliphatic rings. The summed E-state index contributed by atoms with van der Waals surface area (Å²) >= 11 is 0. The van der Waals surface area contributed by atoms with E-state index in [-0.39, 0.29) is 6.42 Å². The second-order valence-electron chi connectivity index (χ2n) is 5.75. The minimum atomic E-state index is -0.759. The monoisotopic (exact) mass is 296 g/mol. The third-order valence-corrected chi connectivity index (χ3v) is 4.15. The summed E-state index contributed by atoms with van der Waals surface area (Å²) in [6.45, 7) is 0.551. The van der Waals surface area contributed by atoms with Crippen molar-refractivity contribution in [3.63, 3.8) is 0 Å². The fraction of sp³-hybridized carbons (Fsp3) is 0.316. The fourth-order valence-corrected chi connectivity index (χ4v) is 2.93. The lowest BCUT2D eigenvalue weighted by Crippen LogP contribution is -2.00. The molecule has 0 bridgehead atoms. The van der Waals surface area contributed by atoms with E-state index in [9.17, 15) is 4.79 Å². The number of fused-ring (bicyclic) bond motifs is 1. The van der Waals surface area contributed by atoms with Crippen LogP contribution < -0.4 is 4.74 Å². The van der Waals surface area contributed by atoms with Crippen molar-refractivity contribution >= 4 is 5.97 Å². The van der Waals surface area contributed by atoms with Gasteiger partial charge in [0.25, 0.3) is 0 Å². The number of hydrogen-bond donors (Lipinski definition) is 1. The third-order valence-electron chi connectivity index (χ3n) is 4.15. The molecule has 0 radical (unpaired) electrons. The molecule has 1 aliphatic carbocycles. The molecule has 0 heterocycles. The zero-order chi connectivity index (χ0) is 15.4. The van der Waals surface area contributed by atoms with Crippen LogP contribution in [0.1, 0.15) is 35.1 Å². The average Bonchev–Trinajstić information content (AvgIpc) is 3.01. The normalized spacial score (nSPS) is 12.9. The zero-order valence-corrected chi connectivity index (χ0v) is 12.5. The van der Waals surface area contributed by atoms with Gasteiger partial charge in [-0.15, -0.1) is 0 Å². The summed E-state index contributed by atoms with van der Waals surface area (Å²) < 4.78 is 5.98. The summed E-state index contributed by atoms with van der Waals surface area (Å²) in [5.74, 6) is 0.246. The van der Waals surface area contributed by atoms with E-state index in [1.807, 2.05) is 30.3 Å². The van der Waals surface area contributed by atoms with Crippen molar-refractivity contribution in [2.45, 2.75) is 38.7 Å². The van der Waals surface area contributed by atoms with Gasteiger partial charge in [-0.2, -0.15) is 0 Å². The zero-order valence-electron chi connectivity index (χ0n) is 12.5. The molecule has 0 spiro atoms. The molecular formula is C19H20O3. The smallest absolute Gasteiger partial charge is 0.303 e. The molecule has 2 aromatic rings. The van der Waals surface area contributed by atoms with Crippen molar-refractivity contribution in [2.24, 2.45) is 0 Å². The molecule has 0 aliphatic heterocycles. The standard InChI is InChI=1S/C19H20O3/c20-19(21)12-11-14-7-9-15(10-8-14)13-22-18-6-2-4-16-3-1-5-17(16)18/h2,4,6-10H,1,3,5,11-13H2,(H,20,21). The summed E-state index contributed by atoms with van der Waals surface area (Å²) in [5, 5.41) is 8.70. The van der Waals surface area contributed by atoms with E-state index in [4.69, 9.17) is 9.84 Å². The van der Waals surface area contributed by atoms with Crippen LogP contribution in [0.2, 0.25) is 0 Å². The molecule has 22 heavy (non-hydrogen) atoms. The van der Waals surface area contributed by atoms with Crippen LogP contribution >= 0.6 is 0 Å². The molecule has 0 fully saturated rings. The number of carboxylic acid groups (broad SMARTS) is 1. The van der Waals surface area contributed by atoms with Crippen LogP contribution in [0.5, 0.6) is 5.75 Å². The summed E-state index contributed by atoms with van der Waals surface area (Å²) in [7, 11) is 0. The highest BCUT2D eigenvalue weighted by Crippen LogP contribution is 2.30. The molecule has 2 aromatic carbocycles. The average molecular weight is 296 g/mol. The molecule has 0 saturated carbocycles. The summed E-state index contributed by atoms with van der Waals surface area (Å²) in [6, 6.07) is 14.3. The molecule has 3 rings (SSSR count). The van der Waals surface area contributed by atoms with Crippen LogP contribution in [0.25, 0.3) is 0 Å². The Morgan fingerprint density at radius 1 is 1.05 bits per heavy atom. The maximum absolute atomic E-state index is 10.6. The molecule has 0 aromatic heterocycles. The van der Waals surface area contributed by atoms with E-state index in [1.54, 1.807) is 0 Å². The SMILES string of the molecule is O=C(O)CCc1ccc(COc2cccc3c2CCC3)cc1. The third kappa shape index (κ3) is 3.48. The summed E-state index contributed by atoms with van der Waals surface area (Å²) in [5.41, 5.74) is 4.93. The van der Waals surface area contributed by atoms with Crippen molar-refractivity contribution in [3.05, 3.63) is 64.7 Å². The van der Waals surface area contributed by atoms with E-state index >= 15 is 0 Å². The van der Waals surface area contributed by atoms with Crippen LogP contribution in [-0.2, 0) is 30.7 Å². The fourth-order valence-electron chi connectivity index (χ4n) is 2.93. The Bertz CT molecular complexity index is 659. The number of rotatable bonds is 6. The van der Waals surface area contributed by atoms with Crippen molar-refractivity contribution < 1.29 is 14.6 Å². The number of carboxylic acids is 1. The molecule has 0 atom stereocenters. The molecule has 0 unspecified atom stereocenters. The first-order valence-electron chi connectivity index (χ1n) is 7.75. The van der Waals surface area contributed by atoms with Gasteiger partial charge in [0.15, 0.2) is 0 Å². The number of hydrogen-bond acceptors (Lipinski definition) is 2. The number of aryl methyl sites for hydroxylation is 2. The van der Waals surface area contributed by atoms with Crippen molar-refractivity contribution in [2.75, 3.05) is 0 Å². The van der Waals surface area contributed by atoms with Gasteiger partial charge in [-0.05, 0) is 54.0 Å². The molecular weight excluding hydrogens is 276 g/mol. The van der Waals surface area contributed by atoms with Gasteiger partial charge in [-0.1, -0.05) is 36.4 Å². The molecule has 0 amide bonds. The van der Waals surface area contributed by atoms with Gasteiger partial charge in [0.1, 0.15) is 12.4 Å². The summed E-state index contributed by atoms with van der Waals surface area (Å²) in [4.78, 5) is 10.6. The minimum absolute atomic E-state index is 0.173. The Kier molecular flexibility index (Phi) is 4.42. The number of aliphatic carboxylic acids is 1. The molecule has 114 valence electrons. The number of ether oxygens (including phenoxy) is 1. The quantitative estimate of drug-likeness (QED) is 0.882. The highest BCUT2D eigenvalue weighted by Gasteiger charge is 2.15. The van der Waals surface area contributed by atoms with Gasteiger partial charge in [-0.25, -0.2) is 0 Å². The first kappa shape index (κ1) is 14.6. The minimum Gasteiger partial charge on any atom is -0.489 e. The van der Waals surface area contributed by atoms with Gasteiger partial charge in [0.05, 0.1) is 0 Å². The maximum Gasteiger partial charge on any atom is 0.303 e. The van der Waals surface area contributed by atoms with Crippen LogP contribution in [0.15, 0.2) is 42.5 Å². The number of carbonyl (C=O) groups is 1. The van der Waals surface area contributed by atoms with Crippen LogP contribution in [0, 0.1) is 0 Å². The summed E-state index contributed by atoms with van der Waals surface area (Å²) in [6.07, 6.45) is 4.23. The van der Waals surface area contributed by atoms with E-state index < -0.39 is 5.97 Å². The van der Waals surface area contributed by atoms with Crippen LogP contribution in [0.4, 0.5) is 0 Å². The Morgan fingerprint density at radius 2 is 1.82 bits per heavy atom. The highest BCUT2D eigenvalue weighted by atomic mass is 16.5. The predicted molar refractivity (Wildman–Crippen MR) is 85.2 cm³/mol. The van der Waals surface area contributed by atoms with E-state index in [0.29, 0.717) is 13.0 Å². The first-order chi connectivity index (χ1) is 10.7. The molecule has 3 heteroatoms. The van der Waals surface area contributed by atoms with E-state index in [1.165, 1.54) is 17.5 Å². The van der Waals surface area contributed by atoms with Gasteiger partial charge in [0.2, 0.25) is 0 Å².